The first kappa shape index (κ1) is 17.8. The first-order valence-corrected chi connectivity index (χ1v) is 8.92. The molecule has 0 spiro atoms. The molecule has 0 N–H and O–H groups in total. The van der Waals surface area contributed by atoms with E-state index in [0.29, 0.717) is 11.1 Å². The number of rotatable bonds is 8. The second-order valence-electron chi connectivity index (χ2n) is 5.65. The fraction of sp³-hybridized carbons (Fsp3) is 0.529. The quantitative estimate of drug-likeness (QED) is 0.697. The first-order valence-electron chi connectivity index (χ1n) is 8.13. The van der Waals surface area contributed by atoms with Crippen LogP contribution in [0.5, 0.6) is 0 Å². The molecule has 0 aliphatic rings. The van der Waals surface area contributed by atoms with Gasteiger partial charge in [0.15, 0.2) is 5.58 Å². The Balaban J connectivity index is 2.20. The lowest BCUT2D eigenvalue weighted by atomic mass is 10.2. The molecule has 5 nitrogen and oxygen atoms in total. The van der Waals surface area contributed by atoms with Gasteiger partial charge in [-0.05, 0) is 31.0 Å². The van der Waals surface area contributed by atoms with Crippen LogP contribution >= 0.6 is 15.9 Å². The molecule has 0 atom stereocenters. The number of aromatic nitrogens is 1. The van der Waals surface area contributed by atoms with E-state index in [2.05, 4.69) is 29.8 Å². The number of amides is 1. The number of fused-ring (bicyclic) bond motifs is 1. The van der Waals surface area contributed by atoms with Gasteiger partial charge < -0.3 is 9.32 Å². The number of hydrogen-bond acceptors (Lipinski definition) is 3. The van der Waals surface area contributed by atoms with Crippen molar-refractivity contribution in [3.05, 3.63) is 33.2 Å². The van der Waals surface area contributed by atoms with Crippen LogP contribution in [0.2, 0.25) is 0 Å². The Hall–Kier alpha value is -1.56. The van der Waals surface area contributed by atoms with Crippen molar-refractivity contribution in [3.63, 3.8) is 0 Å². The zero-order valence-electron chi connectivity index (χ0n) is 13.7. The Labute approximate surface area is 144 Å². The SMILES string of the molecule is CCCCN(CCCC)C(=O)Cn1c(=O)oc2cc(Br)ccc21. The Morgan fingerprint density at radius 1 is 1.22 bits per heavy atom. The maximum Gasteiger partial charge on any atom is 0.420 e. The molecule has 1 aromatic carbocycles. The maximum absolute atomic E-state index is 12.6. The third kappa shape index (κ3) is 4.47. The van der Waals surface area contributed by atoms with E-state index in [0.717, 1.165) is 43.2 Å². The summed E-state index contributed by atoms with van der Waals surface area (Å²) in [6, 6.07) is 5.37. The highest BCUT2D eigenvalue weighted by atomic mass is 79.9. The van der Waals surface area contributed by atoms with Gasteiger partial charge in [-0.1, -0.05) is 42.6 Å². The molecule has 0 saturated carbocycles. The van der Waals surface area contributed by atoms with Crippen LogP contribution in [0.25, 0.3) is 11.1 Å². The van der Waals surface area contributed by atoms with E-state index in [1.807, 2.05) is 11.0 Å². The lowest BCUT2D eigenvalue weighted by Crippen LogP contribution is -2.37. The highest BCUT2D eigenvalue weighted by molar-refractivity contribution is 9.10. The number of benzene rings is 1. The van der Waals surface area contributed by atoms with Crippen molar-refractivity contribution in [1.29, 1.82) is 0 Å². The summed E-state index contributed by atoms with van der Waals surface area (Å²) >= 11 is 3.35. The largest absolute Gasteiger partial charge is 0.420 e. The van der Waals surface area contributed by atoms with Gasteiger partial charge >= 0.3 is 5.76 Å². The van der Waals surface area contributed by atoms with E-state index in [9.17, 15) is 9.59 Å². The van der Waals surface area contributed by atoms with Crippen LogP contribution in [0.3, 0.4) is 0 Å². The zero-order valence-corrected chi connectivity index (χ0v) is 15.3. The summed E-state index contributed by atoms with van der Waals surface area (Å²) < 4.78 is 7.48. The van der Waals surface area contributed by atoms with Crippen LogP contribution in [-0.4, -0.2) is 28.5 Å². The van der Waals surface area contributed by atoms with E-state index < -0.39 is 5.76 Å². The summed E-state index contributed by atoms with van der Waals surface area (Å²) in [5.74, 6) is -0.517. The van der Waals surface area contributed by atoms with Crippen LogP contribution in [0.15, 0.2) is 31.9 Å². The number of carbonyl (C=O) groups excluding carboxylic acids is 1. The molecular formula is C17H23BrN2O3. The van der Waals surface area contributed by atoms with E-state index in [4.69, 9.17) is 4.42 Å². The molecule has 2 aromatic rings. The highest BCUT2D eigenvalue weighted by Crippen LogP contribution is 2.19. The van der Waals surface area contributed by atoms with E-state index in [1.165, 1.54) is 4.57 Å². The second kappa shape index (κ2) is 8.34. The van der Waals surface area contributed by atoms with Gasteiger partial charge in [0.25, 0.3) is 0 Å². The number of hydrogen-bond donors (Lipinski definition) is 0. The van der Waals surface area contributed by atoms with Crippen LogP contribution < -0.4 is 5.76 Å². The summed E-state index contributed by atoms with van der Waals surface area (Å²) in [4.78, 5) is 26.5. The monoisotopic (exact) mass is 382 g/mol. The molecule has 2 rings (SSSR count). The van der Waals surface area contributed by atoms with Gasteiger partial charge in [0.2, 0.25) is 5.91 Å². The smallest absolute Gasteiger partial charge is 0.408 e. The minimum Gasteiger partial charge on any atom is -0.408 e. The van der Waals surface area contributed by atoms with Crippen molar-refractivity contribution in [1.82, 2.24) is 9.47 Å². The molecule has 1 aromatic heterocycles. The predicted molar refractivity (Wildman–Crippen MR) is 94.6 cm³/mol. The van der Waals surface area contributed by atoms with E-state index in [1.54, 1.807) is 12.1 Å². The summed E-state index contributed by atoms with van der Waals surface area (Å²) in [6.45, 7) is 5.72. The summed E-state index contributed by atoms with van der Waals surface area (Å²) in [7, 11) is 0. The number of halogens is 1. The third-order valence-electron chi connectivity index (χ3n) is 3.84. The minimum absolute atomic E-state index is 0.0281. The molecule has 0 bridgehead atoms. The summed E-state index contributed by atoms with van der Waals surface area (Å²) in [6.07, 6.45) is 4.03. The van der Waals surface area contributed by atoms with Gasteiger partial charge in [0.05, 0.1) is 5.52 Å². The van der Waals surface area contributed by atoms with Crippen molar-refractivity contribution in [2.24, 2.45) is 0 Å². The zero-order chi connectivity index (χ0) is 16.8. The van der Waals surface area contributed by atoms with Gasteiger partial charge in [-0.3, -0.25) is 9.36 Å². The standard InChI is InChI=1S/C17H23BrN2O3/c1-3-5-9-19(10-6-4-2)16(21)12-20-14-8-7-13(18)11-15(14)23-17(20)22/h7-8,11H,3-6,9-10,12H2,1-2H3. The van der Waals surface area contributed by atoms with E-state index >= 15 is 0 Å². The van der Waals surface area contributed by atoms with Gasteiger partial charge in [-0.15, -0.1) is 0 Å². The molecule has 0 radical (unpaired) electrons. The second-order valence-corrected chi connectivity index (χ2v) is 6.57. The highest BCUT2D eigenvalue weighted by Gasteiger charge is 2.17. The predicted octanol–water partition coefficient (Wildman–Crippen LogP) is 3.79. The molecular weight excluding hydrogens is 360 g/mol. The number of unbranched alkanes of at least 4 members (excludes halogenated alkanes) is 2. The van der Waals surface area contributed by atoms with Gasteiger partial charge in [0.1, 0.15) is 6.54 Å². The Bertz CT molecular complexity index is 712. The number of carbonyl (C=O) groups is 1. The summed E-state index contributed by atoms with van der Waals surface area (Å²) in [5, 5.41) is 0. The molecule has 126 valence electrons. The Kier molecular flexibility index (Phi) is 6.45. The van der Waals surface area contributed by atoms with Gasteiger partial charge in [-0.2, -0.15) is 0 Å². The number of nitrogens with zero attached hydrogens (tertiary/aromatic N) is 2. The molecule has 1 heterocycles. The number of oxazole rings is 1. The Morgan fingerprint density at radius 3 is 2.48 bits per heavy atom. The molecule has 0 aliphatic heterocycles. The first-order chi connectivity index (χ1) is 11.1. The molecule has 1 amide bonds. The van der Waals surface area contributed by atoms with Gasteiger partial charge in [-0.25, -0.2) is 4.79 Å². The van der Waals surface area contributed by atoms with Crippen LogP contribution in [-0.2, 0) is 11.3 Å². The minimum atomic E-state index is -0.489. The lowest BCUT2D eigenvalue weighted by Gasteiger charge is -2.22. The van der Waals surface area contributed by atoms with Crippen LogP contribution in [0, 0.1) is 0 Å². The molecule has 0 fully saturated rings. The van der Waals surface area contributed by atoms with Crippen molar-refractivity contribution < 1.29 is 9.21 Å². The molecule has 0 aliphatic carbocycles. The fourth-order valence-corrected chi connectivity index (χ4v) is 2.82. The normalized spacial score (nSPS) is 11.1. The molecule has 0 saturated heterocycles. The van der Waals surface area contributed by atoms with Crippen molar-refractivity contribution >= 4 is 32.9 Å². The van der Waals surface area contributed by atoms with Crippen LogP contribution in [0.1, 0.15) is 39.5 Å². The molecule has 23 heavy (non-hydrogen) atoms. The fourth-order valence-electron chi connectivity index (χ4n) is 2.48. The van der Waals surface area contributed by atoms with Crippen LogP contribution in [0.4, 0.5) is 0 Å². The third-order valence-corrected chi connectivity index (χ3v) is 4.33. The van der Waals surface area contributed by atoms with Crippen molar-refractivity contribution in [2.75, 3.05) is 13.1 Å². The maximum atomic E-state index is 12.6. The lowest BCUT2D eigenvalue weighted by molar-refractivity contribution is -0.132. The van der Waals surface area contributed by atoms with Gasteiger partial charge in [0, 0.05) is 17.6 Å². The van der Waals surface area contributed by atoms with Crippen molar-refractivity contribution in [2.45, 2.75) is 46.1 Å². The van der Waals surface area contributed by atoms with E-state index in [-0.39, 0.29) is 12.5 Å². The van der Waals surface area contributed by atoms with Crippen molar-refractivity contribution in [3.8, 4) is 0 Å². The topological polar surface area (TPSA) is 55.5 Å². The average molecular weight is 383 g/mol. The molecule has 6 heteroatoms. The summed E-state index contributed by atoms with van der Waals surface area (Å²) in [5.41, 5.74) is 1.14. The average Bonchev–Trinajstić information content (AvgIpc) is 2.82. The Morgan fingerprint density at radius 2 is 1.87 bits per heavy atom. The molecule has 0 unspecified atom stereocenters.